The van der Waals surface area contributed by atoms with Crippen LogP contribution in [0.3, 0.4) is 0 Å². The van der Waals surface area contributed by atoms with Crippen LogP contribution in [0.2, 0.25) is 10.0 Å². The minimum atomic E-state index is -0.119. The van der Waals surface area contributed by atoms with Gasteiger partial charge in [0, 0.05) is 17.6 Å². The molecule has 7 heteroatoms. The first-order valence-electron chi connectivity index (χ1n) is 6.72. The molecule has 0 saturated carbocycles. The number of thioether (sulfide) groups is 2. The summed E-state index contributed by atoms with van der Waals surface area (Å²) >= 11 is 15.1. The van der Waals surface area contributed by atoms with E-state index < -0.39 is 0 Å². The number of rotatable bonds is 6. The van der Waals surface area contributed by atoms with Crippen molar-refractivity contribution >= 4 is 46.7 Å². The molecule has 0 atom stereocenters. The third-order valence-electron chi connectivity index (χ3n) is 2.70. The van der Waals surface area contributed by atoms with E-state index in [2.05, 4.69) is 23.8 Å². The van der Waals surface area contributed by atoms with E-state index in [-0.39, 0.29) is 5.56 Å². The fourth-order valence-electron chi connectivity index (χ4n) is 1.66. The smallest absolute Gasteiger partial charge is 0.251 e. The van der Waals surface area contributed by atoms with Crippen molar-refractivity contribution in [3.63, 3.8) is 0 Å². The Bertz CT molecular complexity index is 704. The third-order valence-corrected chi connectivity index (χ3v) is 5.51. The zero-order valence-corrected chi connectivity index (χ0v) is 15.4. The van der Waals surface area contributed by atoms with Crippen LogP contribution in [-0.4, -0.2) is 15.2 Å². The Balaban J connectivity index is 2.05. The largest absolute Gasteiger partial charge is 0.301 e. The first-order chi connectivity index (χ1) is 10.4. The molecule has 0 saturated heterocycles. The van der Waals surface area contributed by atoms with E-state index in [1.54, 1.807) is 23.9 Å². The molecule has 0 spiro atoms. The van der Waals surface area contributed by atoms with Crippen molar-refractivity contribution in [3.05, 3.63) is 55.9 Å². The van der Waals surface area contributed by atoms with Crippen molar-refractivity contribution in [1.82, 2.24) is 9.97 Å². The normalized spacial score (nSPS) is 11.1. The van der Waals surface area contributed by atoms with Gasteiger partial charge in [-0.2, -0.15) is 11.8 Å². The standard InChI is InChI=1S/C15H16Cl2N2OS2/c1-9(2)21-8-11-6-14(20)19-15(18-11)22-7-10-3-4-12(16)13(17)5-10/h3-6,9H,7-8H2,1-2H3,(H,18,19,20). The fourth-order valence-corrected chi connectivity index (χ4v) is 3.47. The van der Waals surface area contributed by atoms with E-state index in [1.165, 1.54) is 11.8 Å². The number of nitrogens with one attached hydrogen (secondary N) is 1. The molecule has 1 aromatic carbocycles. The van der Waals surface area contributed by atoms with Gasteiger partial charge >= 0.3 is 0 Å². The van der Waals surface area contributed by atoms with Crippen molar-refractivity contribution < 1.29 is 0 Å². The lowest BCUT2D eigenvalue weighted by Gasteiger charge is -2.06. The Morgan fingerprint density at radius 3 is 2.64 bits per heavy atom. The summed E-state index contributed by atoms with van der Waals surface area (Å²) in [6, 6.07) is 7.06. The molecule has 1 aromatic heterocycles. The van der Waals surface area contributed by atoms with Crippen LogP contribution in [0.1, 0.15) is 25.1 Å². The summed E-state index contributed by atoms with van der Waals surface area (Å²) in [5.41, 5.74) is 1.72. The average Bonchev–Trinajstić information content (AvgIpc) is 2.46. The molecule has 22 heavy (non-hydrogen) atoms. The fraction of sp³-hybridized carbons (Fsp3) is 0.333. The lowest BCUT2D eigenvalue weighted by molar-refractivity contribution is 0.898. The maximum atomic E-state index is 11.7. The van der Waals surface area contributed by atoms with Gasteiger partial charge in [-0.05, 0) is 22.9 Å². The molecule has 0 aliphatic rings. The van der Waals surface area contributed by atoms with Gasteiger partial charge in [-0.25, -0.2) is 4.98 Å². The van der Waals surface area contributed by atoms with E-state index in [4.69, 9.17) is 23.2 Å². The molecule has 0 aliphatic heterocycles. The van der Waals surface area contributed by atoms with Crippen LogP contribution >= 0.6 is 46.7 Å². The Morgan fingerprint density at radius 2 is 1.95 bits per heavy atom. The minimum absolute atomic E-state index is 0.119. The van der Waals surface area contributed by atoms with E-state index in [1.807, 2.05) is 12.1 Å². The third kappa shape index (κ3) is 5.54. The van der Waals surface area contributed by atoms with Gasteiger partial charge < -0.3 is 4.98 Å². The summed E-state index contributed by atoms with van der Waals surface area (Å²) < 4.78 is 0. The molecule has 3 nitrogen and oxygen atoms in total. The molecule has 0 unspecified atom stereocenters. The van der Waals surface area contributed by atoms with Gasteiger partial charge in [0.15, 0.2) is 5.16 Å². The molecule has 2 rings (SSSR count). The molecule has 0 fully saturated rings. The second-order valence-electron chi connectivity index (χ2n) is 4.94. The number of nitrogens with zero attached hydrogens (tertiary/aromatic N) is 1. The zero-order chi connectivity index (χ0) is 16.1. The second kappa shape index (κ2) is 8.29. The molecule has 0 amide bonds. The quantitative estimate of drug-likeness (QED) is 0.569. The molecular formula is C15H16Cl2N2OS2. The van der Waals surface area contributed by atoms with Gasteiger partial charge in [0.25, 0.3) is 5.56 Å². The first kappa shape index (κ1) is 17.7. The lowest BCUT2D eigenvalue weighted by Crippen LogP contribution is -2.10. The summed E-state index contributed by atoms with van der Waals surface area (Å²) in [6.07, 6.45) is 0. The highest BCUT2D eigenvalue weighted by Gasteiger charge is 2.06. The van der Waals surface area contributed by atoms with Gasteiger partial charge in [0.1, 0.15) is 0 Å². The second-order valence-corrected chi connectivity index (χ2v) is 8.28. The van der Waals surface area contributed by atoms with Crippen molar-refractivity contribution in [1.29, 1.82) is 0 Å². The Morgan fingerprint density at radius 1 is 1.18 bits per heavy atom. The van der Waals surface area contributed by atoms with Gasteiger partial charge in [0.05, 0.1) is 15.7 Å². The molecule has 2 aromatic rings. The predicted molar refractivity (Wildman–Crippen MR) is 97.3 cm³/mol. The highest BCUT2D eigenvalue weighted by Crippen LogP contribution is 2.26. The Labute approximate surface area is 148 Å². The van der Waals surface area contributed by atoms with E-state index in [9.17, 15) is 4.79 Å². The van der Waals surface area contributed by atoms with E-state index in [0.29, 0.717) is 26.2 Å². The highest BCUT2D eigenvalue weighted by molar-refractivity contribution is 7.99. The number of hydrogen-bond acceptors (Lipinski definition) is 4. The number of benzene rings is 1. The first-order valence-corrected chi connectivity index (χ1v) is 9.51. The summed E-state index contributed by atoms with van der Waals surface area (Å²) in [6.45, 7) is 4.25. The number of H-pyrrole nitrogens is 1. The Hall–Kier alpha value is -0.620. The van der Waals surface area contributed by atoms with Gasteiger partial charge in [-0.1, -0.05) is 54.9 Å². The summed E-state index contributed by atoms with van der Waals surface area (Å²) in [5, 5.41) is 2.20. The van der Waals surface area contributed by atoms with Gasteiger partial charge in [-0.3, -0.25) is 4.79 Å². The maximum absolute atomic E-state index is 11.7. The number of hydrogen-bond donors (Lipinski definition) is 1. The van der Waals surface area contributed by atoms with Gasteiger partial charge in [0.2, 0.25) is 0 Å². The molecular weight excluding hydrogens is 359 g/mol. The minimum Gasteiger partial charge on any atom is -0.301 e. The van der Waals surface area contributed by atoms with Crippen molar-refractivity contribution in [2.45, 2.75) is 35.8 Å². The van der Waals surface area contributed by atoms with Crippen LogP contribution in [-0.2, 0) is 11.5 Å². The molecule has 0 radical (unpaired) electrons. The predicted octanol–water partition coefficient (Wildman–Crippen LogP) is 5.01. The molecule has 1 N–H and O–H groups in total. The topological polar surface area (TPSA) is 45.8 Å². The number of aromatic nitrogens is 2. The average molecular weight is 375 g/mol. The monoisotopic (exact) mass is 374 g/mol. The van der Waals surface area contributed by atoms with Crippen LogP contribution in [0.5, 0.6) is 0 Å². The molecule has 0 aliphatic carbocycles. The lowest BCUT2D eigenvalue weighted by atomic mass is 10.2. The van der Waals surface area contributed by atoms with Crippen LogP contribution < -0.4 is 5.56 Å². The maximum Gasteiger partial charge on any atom is 0.251 e. The van der Waals surface area contributed by atoms with E-state index >= 15 is 0 Å². The highest BCUT2D eigenvalue weighted by atomic mass is 35.5. The molecule has 1 heterocycles. The van der Waals surface area contributed by atoms with Crippen LogP contribution in [0, 0.1) is 0 Å². The summed E-state index contributed by atoms with van der Waals surface area (Å²) in [4.78, 5) is 19.0. The number of halogens is 2. The number of aromatic amines is 1. The molecule has 0 bridgehead atoms. The van der Waals surface area contributed by atoms with Crippen LogP contribution in [0.25, 0.3) is 0 Å². The van der Waals surface area contributed by atoms with Gasteiger partial charge in [-0.15, -0.1) is 0 Å². The summed E-state index contributed by atoms with van der Waals surface area (Å²) in [7, 11) is 0. The van der Waals surface area contributed by atoms with Crippen LogP contribution in [0.4, 0.5) is 0 Å². The van der Waals surface area contributed by atoms with Crippen molar-refractivity contribution in [2.75, 3.05) is 0 Å². The Kier molecular flexibility index (Phi) is 6.68. The SMILES string of the molecule is CC(C)SCc1cc(=O)[nH]c(SCc2ccc(Cl)c(Cl)c2)n1. The summed E-state index contributed by atoms with van der Waals surface area (Å²) in [5.74, 6) is 1.41. The molecule has 118 valence electrons. The van der Waals surface area contributed by atoms with Crippen LogP contribution in [0.15, 0.2) is 34.2 Å². The van der Waals surface area contributed by atoms with Crippen molar-refractivity contribution in [3.8, 4) is 0 Å². The van der Waals surface area contributed by atoms with E-state index in [0.717, 1.165) is 17.0 Å². The van der Waals surface area contributed by atoms with Crippen molar-refractivity contribution in [2.24, 2.45) is 0 Å². The zero-order valence-electron chi connectivity index (χ0n) is 12.2.